The number of benzene rings is 2. The maximum atomic E-state index is 12.6. The van der Waals surface area contributed by atoms with E-state index in [1.54, 1.807) is 24.3 Å². The summed E-state index contributed by atoms with van der Waals surface area (Å²) in [6.07, 6.45) is 0. The maximum Gasteiger partial charge on any atom is 0.244 e. The molecule has 2 rings (SSSR count). The van der Waals surface area contributed by atoms with Crippen molar-refractivity contribution >= 4 is 21.6 Å². The molecule has 0 spiro atoms. The Balaban J connectivity index is 2.34. The number of sulfonamides is 1. The SMILES string of the molecule is COc1ccc(Cl)cc1S(=O)(=O)NCc1c(OC)cccc1OC. The van der Waals surface area contributed by atoms with Gasteiger partial charge in [-0.3, -0.25) is 0 Å². The fourth-order valence-corrected chi connectivity index (χ4v) is 3.63. The average molecular weight is 372 g/mol. The molecule has 1 N–H and O–H groups in total. The van der Waals surface area contributed by atoms with E-state index < -0.39 is 10.0 Å². The zero-order valence-corrected chi connectivity index (χ0v) is 15.1. The van der Waals surface area contributed by atoms with Crippen LogP contribution in [0.2, 0.25) is 5.02 Å². The number of ether oxygens (including phenoxy) is 3. The maximum absolute atomic E-state index is 12.6. The van der Waals surface area contributed by atoms with Crippen molar-refractivity contribution in [2.24, 2.45) is 0 Å². The third-order valence-corrected chi connectivity index (χ3v) is 5.04. The molecule has 0 atom stereocenters. The molecule has 0 saturated carbocycles. The molecule has 0 amide bonds. The van der Waals surface area contributed by atoms with Crippen LogP contribution in [0.5, 0.6) is 17.2 Å². The molecule has 2 aromatic rings. The number of hydrogen-bond donors (Lipinski definition) is 1. The van der Waals surface area contributed by atoms with Crippen molar-refractivity contribution in [2.45, 2.75) is 11.4 Å². The Bertz CT molecular complexity index is 801. The van der Waals surface area contributed by atoms with Crippen molar-refractivity contribution in [1.29, 1.82) is 0 Å². The van der Waals surface area contributed by atoms with E-state index in [1.165, 1.54) is 33.5 Å². The molecule has 0 fully saturated rings. The van der Waals surface area contributed by atoms with E-state index in [0.29, 0.717) is 22.1 Å². The molecule has 0 radical (unpaired) electrons. The molecule has 8 heteroatoms. The lowest BCUT2D eigenvalue weighted by Gasteiger charge is -2.15. The highest BCUT2D eigenvalue weighted by molar-refractivity contribution is 7.89. The number of nitrogens with one attached hydrogen (secondary N) is 1. The first-order valence-corrected chi connectivity index (χ1v) is 8.82. The Hall–Kier alpha value is -1.96. The summed E-state index contributed by atoms with van der Waals surface area (Å²) in [7, 11) is 0.564. The third kappa shape index (κ3) is 3.92. The van der Waals surface area contributed by atoms with E-state index >= 15 is 0 Å². The monoisotopic (exact) mass is 371 g/mol. The summed E-state index contributed by atoms with van der Waals surface area (Å²) >= 11 is 5.90. The molecule has 0 unspecified atom stereocenters. The Morgan fingerprint density at radius 1 is 0.958 bits per heavy atom. The van der Waals surface area contributed by atoms with Crippen LogP contribution >= 0.6 is 11.6 Å². The van der Waals surface area contributed by atoms with Gasteiger partial charge in [0, 0.05) is 11.6 Å². The van der Waals surface area contributed by atoms with Gasteiger partial charge >= 0.3 is 0 Å². The van der Waals surface area contributed by atoms with Gasteiger partial charge in [0.25, 0.3) is 0 Å². The van der Waals surface area contributed by atoms with Gasteiger partial charge in [0.05, 0.1) is 26.9 Å². The molecular weight excluding hydrogens is 354 g/mol. The van der Waals surface area contributed by atoms with Gasteiger partial charge in [0.15, 0.2) is 0 Å². The van der Waals surface area contributed by atoms with Gasteiger partial charge in [-0.1, -0.05) is 17.7 Å². The van der Waals surface area contributed by atoms with Gasteiger partial charge in [-0.15, -0.1) is 0 Å². The predicted molar refractivity (Wildman–Crippen MR) is 91.6 cm³/mol. The minimum atomic E-state index is -3.84. The van der Waals surface area contributed by atoms with Crippen LogP contribution in [0.25, 0.3) is 0 Å². The Labute approximate surface area is 146 Å². The van der Waals surface area contributed by atoms with Gasteiger partial charge in [0.1, 0.15) is 22.1 Å². The molecule has 0 saturated heterocycles. The molecule has 130 valence electrons. The zero-order chi connectivity index (χ0) is 17.7. The molecule has 0 heterocycles. The Kier molecular flexibility index (Phi) is 5.93. The topological polar surface area (TPSA) is 73.9 Å². The van der Waals surface area contributed by atoms with Crippen molar-refractivity contribution < 1.29 is 22.6 Å². The van der Waals surface area contributed by atoms with E-state index in [2.05, 4.69) is 4.72 Å². The molecule has 2 aromatic carbocycles. The first kappa shape index (κ1) is 18.4. The standard InChI is InChI=1S/C16H18ClNO5S/c1-21-13-5-4-6-14(22-2)12(13)10-18-24(19,20)16-9-11(17)7-8-15(16)23-3/h4-9,18H,10H2,1-3H3. The van der Waals surface area contributed by atoms with Gasteiger partial charge in [-0.2, -0.15) is 0 Å². The van der Waals surface area contributed by atoms with Crippen LogP contribution in [-0.2, 0) is 16.6 Å². The van der Waals surface area contributed by atoms with Gasteiger partial charge < -0.3 is 14.2 Å². The van der Waals surface area contributed by atoms with Crippen LogP contribution in [-0.4, -0.2) is 29.7 Å². The summed E-state index contributed by atoms with van der Waals surface area (Å²) in [4.78, 5) is -0.0358. The lowest BCUT2D eigenvalue weighted by Crippen LogP contribution is -2.24. The van der Waals surface area contributed by atoms with E-state index in [-0.39, 0.29) is 17.2 Å². The number of halogens is 1. The lowest BCUT2D eigenvalue weighted by molar-refractivity contribution is 0.384. The summed E-state index contributed by atoms with van der Waals surface area (Å²) in [6.45, 7) is -0.00874. The van der Waals surface area contributed by atoms with Crippen LogP contribution < -0.4 is 18.9 Å². The third-order valence-electron chi connectivity index (χ3n) is 3.38. The number of rotatable bonds is 7. The van der Waals surface area contributed by atoms with Gasteiger partial charge in [-0.05, 0) is 30.3 Å². The molecule has 0 aliphatic heterocycles. The molecule has 24 heavy (non-hydrogen) atoms. The zero-order valence-electron chi connectivity index (χ0n) is 13.5. The lowest BCUT2D eigenvalue weighted by atomic mass is 10.2. The Morgan fingerprint density at radius 3 is 2.08 bits per heavy atom. The number of methoxy groups -OCH3 is 3. The van der Waals surface area contributed by atoms with Crippen LogP contribution in [0.4, 0.5) is 0 Å². The number of hydrogen-bond acceptors (Lipinski definition) is 5. The highest BCUT2D eigenvalue weighted by atomic mass is 35.5. The van der Waals surface area contributed by atoms with Crippen molar-refractivity contribution in [3.05, 3.63) is 47.0 Å². The molecular formula is C16H18ClNO5S. The minimum absolute atomic E-state index is 0.00874. The van der Waals surface area contributed by atoms with Crippen LogP contribution in [0.15, 0.2) is 41.3 Å². The molecule has 0 aliphatic carbocycles. The van der Waals surface area contributed by atoms with Gasteiger partial charge in [0.2, 0.25) is 10.0 Å². The highest BCUT2D eigenvalue weighted by Crippen LogP contribution is 2.30. The first-order valence-electron chi connectivity index (χ1n) is 6.96. The normalized spacial score (nSPS) is 11.2. The summed E-state index contributed by atoms with van der Waals surface area (Å²) in [6, 6.07) is 9.61. The van der Waals surface area contributed by atoms with Crippen molar-refractivity contribution in [3.63, 3.8) is 0 Å². The van der Waals surface area contributed by atoms with E-state index in [9.17, 15) is 8.42 Å². The highest BCUT2D eigenvalue weighted by Gasteiger charge is 2.21. The van der Waals surface area contributed by atoms with Crippen molar-refractivity contribution in [1.82, 2.24) is 4.72 Å². The van der Waals surface area contributed by atoms with E-state index in [0.717, 1.165) is 0 Å². The quantitative estimate of drug-likeness (QED) is 0.810. The van der Waals surface area contributed by atoms with Gasteiger partial charge in [-0.25, -0.2) is 13.1 Å². The molecule has 0 aliphatic rings. The summed E-state index contributed by atoms with van der Waals surface area (Å²) in [5.41, 5.74) is 0.590. The largest absolute Gasteiger partial charge is 0.496 e. The van der Waals surface area contributed by atoms with Crippen LogP contribution in [0.1, 0.15) is 5.56 Å². The summed E-state index contributed by atoms with van der Waals surface area (Å²) in [5, 5.41) is 0.297. The van der Waals surface area contributed by atoms with Crippen molar-refractivity contribution in [2.75, 3.05) is 21.3 Å². The van der Waals surface area contributed by atoms with E-state index in [4.69, 9.17) is 25.8 Å². The van der Waals surface area contributed by atoms with E-state index in [1.807, 2.05) is 0 Å². The summed E-state index contributed by atoms with van der Waals surface area (Å²) in [5.74, 6) is 1.25. The predicted octanol–water partition coefficient (Wildman–Crippen LogP) is 2.84. The smallest absolute Gasteiger partial charge is 0.244 e. The average Bonchev–Trinajstić information content (AvgIpc) is 2.59. The first-order chi connectivity index (χ1) is 11.4. The molecule has 6 nitrogen and oxygen atoms in total. The molecule has 0 bridgehead atoms. The summed E-state index contributed by atoms with van der Waals surface area (Å²) < 4.78 is 43.4. The molecule has 0 aromatic heterocycles. The fourth-order valence-electron chi connectivity index (χ4n) is 2.21. The minimum Gasteiger partial charge on any atom is -0.496 e. The van der Waals surface area contributed by atoms with Crippen molar-refractivity contribution in [3.8, 4) is 17.2 Å². The second-order valence-electron chi connectivity index (χ2n) is 4.76. The van der Waals surface area contributed by atoms with Crippen LogP contribution in [0.3, 0.4) is 0 Å². The second-order valence-corrected chi connectivity index (χ2v) is 6.93. The fraction of sp³-hybridized carbons (Fsp3) is 0.250. The second kappa shape index (κ2) is 7.74. The van der Waals surface area contributed by atoms with Crippen LogP contribution in [0, 0.1) is 0 Å². The Morgan fingerprint density at radius 2 is 1.54 bits per heavy atom.